The van der Waals surface area contributed by atoms with Crippen molar-refractivity contribution in [1.82, 2.24) is 5.32 Å². The monoisotopic (exact) mass is 302 g/mol. The quantitative estimate of drug-likeness (QED) is 0.610. The summed E-state index contributed by atoms with van der Waals surface area (Å²) in [4.78, 5) is 12.7. The molecule has 1 unspecified atom stereocenters. The Hall–Kier alpha value is -1.52. The molecule has 0 aliphatic rings. The summed E-state index contributed by atoms with van der Waals surface area (Å²) in [7, 11) is 1.78. The van der Waals surface area contributed by atoms with Gasteiger partial charge in [-0.15, -0.1) is 11.8 Å². The Morgan fingerprint density at radius 2 is 1.95 bits per heavy atom. The van der Waals surface area contributed by atoms with Gasteiger partial charge in [0.05, 0.1) is 5.54 Å². The van der Waals surface area contributed by atoms with Crippen LogP contribution in [0, 0.1) is 0 Å². The molecule has 0 aliphatic heterocycles. The highest BCUT2D eigenvalue weighted by atomic mass is 32.2. The molecule has 0 bridgehead atoms. The van der Waals surface area contributed by atoms with Crippen molar-refractivity contribution in [2.75, 3.05) is 12.8 Å². The van der Waals surface area contributed by atoms with Gasteiger partial charge >= 0.3 is 0 Å². The van der Waals surface area contributed by atoms with Crippen molar-refractivity contribution in [3.63, 3.8) is 0 Å². The maximum atomic E-state index is 11.4. The predicted octanol–water partition coefficient (Wildman–Crippen LogP) is 3.18. The molecule has 0 saturated heterocycles. The number of likely N-dealkylation sites (N-methyl/N-ethyl adjacent to an activating group) is 1. The molecule has 1 atom stereocenters. The summed E-state index contributed by atoms with van der Waals surface area (Å²) in [5, 5.41) is 5.54. The van der Waals surface area contributed by atoms with Crippen LogP contribution in [0.3, 0.4) is 0 Å². The van der Waals surface area contributed by atoms with E-state index in [1.807, 2.05) is 18.7 Å². The van der Waals surface area contributed by atoms with Crippen LogP contribution in [-0.4, -0.2) is 24.2 Å². The number of fused-ring (bicyclic) bond motifs is 1. The van der Waals surface area contributed by atoms with Gasteiger partial charge in [0, 0.05) is 4.90 Å². The number of thioether (sulfide) groups is 1. The van der Waals surface area contributed by atoms with Crippen molar-refractivity contribution < 1.29 is 4.79 Å². The van der Waals surface area contributed by atoms with Gasteiger partial charge < -0.3 is 11.1 Å². The molecule has 2 aromatic rings. The molecular weight excluding hydrogens is 280 g/mol. The molecule has 21 heavy (non-hydrogen) atoms. The number of hydrogen-bond donors (Lipinski definition) is 2. The molecule has 112 valence electrons. The van der Waals surface area contributed by atoms with E-state index in [1.54, 1.807) is 7.05 Å². The maximum absolute atomic E-state index is 11.4. The van der Waals surface area contributed by atoms with Crippen LogP contribution in [0.4, 0.5) is 0 Å². The average Bonchev–Trinajstić information content (AvgIpc) is 2.51. The van der Waals surface area contributed by atoms with Crippen LogP contribution in [0.2, 0.25) is 0 Å². The van der Waals surface area contributed by atoms with Crippen molar-refractivity contribution in [1.29, 1.82) is 0 Å². The first-order valence-electron chi connectivity index (χ1n) is 7.15. The molecular formula is C17H22N2OS. The number of benzene rings is 2. The molecule has 1 amide bonds. The van der Waals surface area contributed by atoms with Crippen LogP contribution in [0.15, 0.2) is 47.4 Å². The summed E-state index contributed by atoms with van der Waals surface area (Å²) >= 11 is 1.82. The highest BCUT2D eigenvalue weighted by Crippen LogP contribution is 2.25. The van der Waals surface area contributed by atoms with Crippen LogP contribution in [0.1, 0.15) is 19.8 Å². The fourth-order valence-electron chi connectivity index (χ4n) is 2.24. The van der Waals surface area contributed by atoms with Crippen LogP contribution in [0.5, 0.6) is 0 Å². The fourth-order valence-corrected chi connectivity index (χ4v) is 3.14. The summed E-state index contributed by atoms with van der Waals surface area (Å²) in [5.74, 6) is 0.684. The minimum Gasteiger partial charge on any atom is -0.368 e. The Kier molecular flexibility index (Phi) is 5.26. The van der Waals surface area contributed by atoms with Gasteiger partial charge in [0.15, 0.2) is 0 Å². The van der Waals surface area contributed by atoms with Gasteiger partial charge in [-0.05, 0) is 55.5 Å². The molecule has 3 N–H and O–H groups in total. The molecule has 0 heterocycles. The molecule has 2 aromatic carbocycles. The summed E-state index contributed by atoms with van der Waals surface area (Å²) < 4.78 is 0. The van der Waals surface area contributed by atoms with E-state index in [9.17, 15) is 4.79 Å². The summed E-state index contributed by atoms with van der Waals surface area (Å²) in [6.07, 6.45) is 1.69. The van der Waals surface area contributed by atoms with E-state index in [0.29, 0.717) is 0 Å². The van der Waals surface area contributed by atoms with Crippen molar-refractivity contribution in [2.24, 2.45) is 5.73 Å². The maximum Gasteiger partial charge on any atom is 0.237 e. The highest BCUT2D eigenvalue weighted by Gasteiger charge is 2.27. The van der Waals surface area contributed by atoms with E-state index >= 15 is 0 Å². The van der Waals surface area contributed by atoms with Gasteiger partial charge in [0.1, 0.15) is 0 Å². The first-order chi connectivity index (χ1) is 10.0. The zero-order chi connectivity index (χ0) is 15.3. The lowest BCUT2D eigenvalue weighted by molar-refractivity contribution is -0.123. The minimum atomic E-state index is -0.607. The smallest absolute Gasteiger partial charge is 0.237 e. The van der Waals surface area contributed by atoms with Gasteiger partial charge in [0.25, 0.3) is 0 Å². The number of carbonyl (C=O) groups is 1. The van der Waals surface area contributed by atoms with Crippen molar-refractivity contribution in [3.8, 4) is 0 Å². The van der Waals surface area contributed by atoms with E-state index < -0.39 is 5.54 Å². The van der Waals surface area contributed by atoms with Crippen LogP contribution < -0.4 is 11.1 Å². The molecule has 0 aromatic heterocycles. The first kappa shape index (κ1) is 15.9. The molecule has 0 fully saturated rings. The third-order valence-corrected chi connectivity index (χ3v) is 4.99. The van der Waals surface area contributed by atoms with Crippen LogP contribution in [-0.2, 0) is 4.79 Å². The largest absolute Gasteiger partial charge is 0.368 e. The third-order valence-electron chi connectivity index (χ3n) is 3.91. The second-order valence-corrected chi connectivity index (χ2v) is 6.58. The minimum absolute atomic E-state index is 0.291. The Balaban J connectivity index is 1.89. The third kappa shape index (κ3) is 3.99. The second-order valence-electron chi connectivity index (χ2n) is 5.41. The van der Waals surface area contributed by atoms with Gasteiger partial charge in [-0.2, -0.15) is 0 Å². The van der Waals surface area contributed by atoms with Crippen molar-refractivity contribution >= 4 is 28.4 Å². The van der Waals surface area contributed by atoms with E-state index in [0.717, 1.165) is 18.6 Å². The lowest BCUT2D eigenvalue weighted by atomic mass is 9.96. The number of hydrogen-bond acceptors (Lipinski definition) is 3. The normalized spacial score (nSPS) is 14.0. The molecule has 0 aliphatic carbocycles. The predicted molar refractivity (Wildman–Crippen MR) is 90.6 cm³/mol. The number of rotatable bonds is 7. The zero-order valence-electron chi connectivity index (χ0n) is 12.6. The molecule has 0 spiro atoms. The standard InChI is InChI=1S/C17H22N2OS/c1-17(19-2,16(18)20)10-5-11-21-15-9-8-13-6-3-4-7-14(13)12-15/h3-4,6-9,12,19H,5,10-11H2,1-2H3,(H2,18,20). The van der Waals surface area contributed by atoms with Crippen molar-refractivity contribution in [3.05, 3.63) is 42.5 Å². The number of primary amides is 1. The fraction of sp³-hybridized carbons (Fsp3) is 0.353. The van der Waals surface area contributed by atoms with E-state index in [2.05, 4.69) is 47.8 Å². The van der Waals surface area contributed by atoms with Crippen molar-refractivity contribution in [2.45, 2.75) is 30.2 Å². The summed E-state index contributed by atoms with van der Waals surface area (Å²) in [6.45, 7) is 1.86. The van der Waals surface area contributed by atoms with Gasteiger partial charge in [-0.25, -0.2) is 0 Å². The average molecular weight is 302 g/mol. The summed E-state index contributed by atoms with van der Waals surface area (Å²) in [6, 6.07) is 14.9. The Morgan fingerprint density at radius 1 is 1.24 bits per heavy atom. The van der Waals surface area contributed by atoms with E-state index in [-0.39, 0.29) is 5.91 Å². The van der Waals surface area contributed by atoms with Crippen LogP contribution in [0.25, 0.3) is 10.8 Å². The SMILES string of the molecule is CNC(C)(CCCSc1ccc2ccccc2c1)C(N)=O. The lowest BCUT2D eigenvalue weighted by Gasteiger charge is -2.25. The zero-order valence-corrected chi connectivity index (χ0v) is 13.4. The first-order valence-corrected chi connectivity index (χ1v) is 8.14. The highest BCUT2D eigenvalue weighted by molar-refractivity contribution is 7.99. The number of carbonyl (C=O) groups excluding carboxylic acids is 1. The number of nitrogens with two attached hydrogens (primary N) is 1. The number of amides is 1. The van der Waals surface area contributed by atoms with Crippen LogP contribution >= 0.6 is 11.8 Å². The van der Waals surface area contributed by atoms with E-state index in [4.69, 9.17) is 5.73 Å². The van der Waals surface area contributed by atoms with Gasteiger partial charge in [-0.1, -0.05) is 30.3 Å². The van der Waals surface area contributed by atoms with E-state index in [1.165, 1.54) is 15.7 Å². The molecule has 3 nitrogen and oxygen atoms in total. The Morgan fingerprint density at radius 3 is 2.62 bits per heavy atom. The topological polar surface area (TPSA) is 55.1 Å². The molecule has 4 heteroatoms. The molecule has 2 rings (SSSR count). The second kappa shape index (κ2) is 6.96. The van der Waals surface area contributed by atoms with Gasteiger partial charge in [-0.3, -0.25) is 4.79 Å². The molecule has 0 radical (unpaired) electrons. The molecule has 0 saturated carbocycles. The number of nitrogens with one attached hydrogen (secondary N) is 1. The summed E-state index contributed by atoms with van der Waals surface area (Å²) in [5.41, 5.74) is 4.82. The van der Waals surface area contributed by atoms with Gasteiger partial charge in [0.2, 0.25) is 5.91 Å². The Bertz CT molecular complexity index is 629. The lowest BCUT2D eigenvalue weighted by Crippen LogP contribution is -2.51. The Labute approximate surface area is 130 Å².